The van der Waals surface area contributed by atoms with Gasteiger partial charge in [0.1, 0.15) is 0 Å². The fourth-order valence-corrected chi connectivity index (χ4v) is 4.63. The van der Waals surface area contributed by atoms with Gasteiger partial charge in [0.05, 0.1) is 16.4 Å². The molecule has 0 N–H and O–H groups in total. The fourth-order valence-electron chi connectivity index (χ4n) is 2.42. The summed E-state index contributed by atoms with van der Waals surface area (Å²) in [7, 11) is -5.05. The van der Waals surface area contributed by atoms with Crippen LogP contribution >= 0.6 is 0 Å². The number of benzene rings is 2. The maximum Gasteiger partial charge on any atom is 0.253 e. The van der Waals surface area contributed by atoms with Gasteiger partial charge in [-0.3, -0.25) is 4.79 Å². The molecule has 8 heteroatoms. The number of sulfone groups is 2. The minimum Gasteiger partial charge on any atom is -0.341 e. The standard InChI is InChI=1S/C19H23NO5S2/c1-3-26(22,23)14-13-20(2)19(21)17-11-9-16(10-12-17)15-27(24,25)18-7-5-4-6-8-18/h4-12H,3,13-15H2,1-2H3. The number of nitrogens with zero attached hydrogens (tertiary/aromatic N) is 1. The molecular weight excluding hydrogens is 386 g/mol. The first kappa shape index (κ1) is 21.1. The molecule has 0 fully saturated rings. The number of amides is 1. The molecule has 0 saturated heterocycles. The highest BCUT2D eigenvalue weighted by Gasteiger charge is 2.17. The van der Waals surface area contributed by atoms with Crippen LogP contribution in [0.5, 0.6) is 0 Å². The Hall–Kier alpha value is -2.19. The van der Waals surface area contributed by atoms with Gasteiger partial charge >= 0.3 is 0 Å². The third kappa shape index (κ3) is 5.90. The first-order valence-electron chi connectivity index (χ1n) is 8.47. The van der Waals surface area contributed by atoms with Crippen LogP contribution in [-0.4, -0.2) is 52.7 Å². The van der Waals surface area contributed by atoms with Gasteiger partial charge in [0.2, 0.25) is 0 Å². The van der Waals surface area contributed by atoms with Crippen molar-refractivity contribution in [3.05, 3.63) is 65.7 Å². The van der Waals surface area contributed by atoms with Gasteiger partial charge in [-0.1, -0.05) is 37.3 Å². The molecule has 2 rings (SSSR count). The molecule has 2 aromatic rings. The molecule has 0 bridgehead atoms. The van der Waals surface area contributed by atoms with Gasteiger partial charge in [0, 0.05) is 24.9 Å². The van der Waals surface area contributed by atoms with Crippen LogP contribution in [0.3, 0.4) is 0 Å². The topological polar surface area (TPSA) is 88.6 Å². The van der Waals surface area contributed by atoms with Gasteiger partial charge in [-0.25, -0.2) is 16.8 Å². The molecule has 146 valence electrons. The van der Waals surface area contributed by atoms with Crippen molar-refractivity contribution in [2.45, 2.75) is 17.6 Å². The molecule has 6 nitrogen and oxygen atoms in total. The third-order valence-electron chi connectivity index (χ3n) is 4.18. The summed E-state index contributed by atoms with van der Waals surface area (Å²) < 4.78 is 47.9. The van der Waals surface area contributed by atoms with E-state index in [1.165, 1.54) is 4.90 Å². The average Bonchev–Trinajstić information content (AvgIpc) is 2.66. The molecule has 0 aliphatic carbocycles. The molecule has 0 aromatic heterocycles. The van der Waals surface area contributed by atoms with Crippen molar-refractivity contribution in [1.29, 1.82) is 0 Å². The van der Waals surface area contributed by atoms with E-state index in [0.717, 1.165) is 0 Å². The van der Waals surface area contributed by atoms with Crippen molar-refractivity contribution in [3.63, 3.8) is 0 Å². The Morgan fingerprint density at radius 3 is 2.07 bits per heavy atom. The zero-order chi connectivity index (χ0) is 20.1. The highest BCUT2D eigenvalue weighted by Crippen LogP contribution is 2.17. The van der Waals surface area contributed by atoms with Crippen LogP contribution in [0.1, 0.15) is 22.8 Å². The molecule has 0 spiro atoms. The highest BCUT2D eigenvalue weighted by atomic mass is 32.2. The monoisotopic (exact) mass is 409 g/mol. The lowest BCUT2D eigenvalue weighted by Crippen LogP contribution is -2.32. The molecule has 27 heavy (non-hydrogen) atoms. The highest BCUT2D eigenvalue weighted by molar-refractivity contribution is 7.91. The van der Waals surface area contributed by atoms with Crippen molar-refractivity contribution in [2.75, 3.05) is 25.1 Å². The maximum atomic E-state index is 12.4. The predicted octanol–water partition coefficient (Wildman–Crippen LogP) is 2.17. The van der Waals surface area contributed by atoms with Gasteiger partial charge in [0.15, 0.2) is 19.7 Å². The lowest BCUT2D eigenvalue weighted by Gasteiger charge is -2.17. The van der Waals surface area contributed by atoms with Gasteiger partial charge in [-0.2, -0.15) is 0 Å². The normalized spacial score (nSPS) is 11.9. The minimum atomic E-state index is -3.45. The largest absolute Gasteiger partial charge is 0.341 e. The maximum absolute atomic E-state index is 12.4. The van der Waals surface area contributed by atoms with E-state index in [2.05, 4.69) is 0 Å². The van der Waals surface area contributed by atoms with E-state index in [-0.39, 0.29) is 34.6 Å². The summed E-state index contributed by atoms with van der Waals surface area (Å²) in [5.74, 6) is -0.506. The predicted molar refractivity (Wildman–Crippen MR) is 105 cm³/mol. The molecule has 2 aromatic carbocycles. The zero-order valence-electron chi connectivity index (χ0n) is 15.3. The Morgan fingerprint density at radius 1 is 0.926 bits per heavy atom. The molecule has 0 atom stereocenters. The second kappa shape index (κ2) is 8.67. The molecule has 0 heterocycles. The first-order chi connectivity index (χ1) is 12.6. The molecule has 0 radical (unpaired) electrons. The van der Waals surface area contributed by atoms with Crippen LogP contribution < -0.4 is 0 Å². The Labute approximate surface area is 160 Å². The molecule has 1 amide bonds. The van der Waals surface area contributed by atoms with Crippen molar-refractivity contribution in [1.82, 2.24) is 4.90 Å². The summed E-state index contributed by atoms with van der Waals surface area (Å²) in [6, 6.07) is 14.5. The quantitative estimate of drug-likeness (QED) is 0.667. The average molecular weight is 410 g/mol. The summed E-state index contributed by atoms with van der Waals surface area (Å²) in [4.78, 5) is 14.0. The van der Waals surface area contributed by atoms with Crippen LogP contribution in [0.25, 0.3) is 0 Å². The van der Waals surface area contributed by atoms with E-state index in [4.69, 9.17) is 0 Å². The van der Waals surface area contributed by atoms with Gasteiger partial charge < -0.3 is 4.90 Å². The summed E-state index contributed by atoms with van der Waals surface area (Å²) in [5.41, 5.74) is 0.957. The molecular formula is C19H23NO5S2. The number of rotatable bonds is 8. The van der Waals surface area contributed by atoms with Crippen LogP contribution in [-0.2, 0) is 25.4 Å². The van der Waals surface area contributed by atoms with E-state index in [1.807, 2.05) is 0 Å². The van der Waals surface area contributed by atoms with Crippen molar-refractivity contribution >= 4 is 25.6 Å². The van der Waals surface area contributed by atoms with Crippen LogP contribution in [0.4, 0.5) is 0 Å². The van der Waals surface area contributed by atoms with Crippen LogP contribution in [0.2, 0.25) is 0 Å². The molecule has 0 aliphatic heterocycles. The van der Waals surface area contributed by atoms with Crippen molar-refractivity contribution in [3.8, 4) is 0 Å². The van der Waals surface area contributed by atoms with E-state index in [0.29, 0.717) is 11.1 Å². The molecule has 0 saturated carbocycles. The van der Waals surface area contributed by atoms with E-state index in [1.54, 1.807) is 68.6 Å². The minimum absolute atomic E-state index is 0.0413. The number of carbonyl (C=O) groups is 1. The SMILES string of the molecule is CCS(=O)(=O)CCN(C)C(=O)c1ccc(CS(=O)(=O)c2ccccc2)cc1. The summed E-state index contributed by atoms with van der Waals surface area (Å²) >= 11 is 0. The number of carbonyl (C=O) groups excluding carboxylic acids is 1. The smallest absolute Gasteiger partial charge is 0.253 e. The Kier molecular flexibility index (Phi) is 6.78. The lowest BCUT2D eigenvalue weighted by atomic mass is 10.1. The summed E-state index contributed by atoms with van der Waals surface area (Å²) in [5, 5.41) is 0. The second-order valence-corrected chi connectivity index (χ2v) is 10.7. The lowest BCUT2D eigenvalue weighted by molar-refractivity contribution is 0.0803. The van der Waals surface area contributed by atoms with Crippen molar-refractivity contribution < 1.29 is 21.6 Å². The van der Waals surface area contributed by atoms with Gasteiger partial charge in [-0.15, -0.1) is 0 Å². The van der Waals surface area contributed by atoms with Gasteiger partial charge in [-0.05, 0) is 29.8 Å². The van der Waals surface area contributed by atoms with E-state index >= 15 is 0 Å². The third-order valence-corrected chi connectivity index (χ3v) is 7.57. The Bertz CT molecular complexity index is 982. The van der Waals surface area contributed by atoms with Crippen LogP contribution in [0.15, 0.2) is 59.5 Å². The van der Waals surface area contributed by atoms with Gasteiger partial charge in [0.25, 0.3) is 5.91 Å². The fraction of sp³-hybridized carbons (Fsp3) is 0.316. The Morgan fingerprint density at radius 2 is 1.52 bits per heavy atom. The second-order valence-electron chi connectivity index (χ2n) is 6.23. The summed E-state index contributed by atoms with van der Waals surface area (Å²) in [6.45, 7) is 1.68. The summed E-state index contributed by atoms with van der Waals surface area (Å²) in [6.07, 6.45) is 0. The van der Waals surface area contributed by atoms with Crippen molar-refractivity contribution in [2.24, 2.45) is 0 Å². The number of hydrogen-bond donors (Lipinski definition) is 0. The first-order valence-corrected chi connectivity index (χ1v) is 11.9. The molecule has 0 unspecified atom stereocenters. The van der Waals surface area contributed by atoms with E-state index < -0.39 is 19.7 Å². The van der Waals surface area contributed by atoms with Crippen LogP contribution in [0, 0.1) is 0 Å². The molecule has 0 aliphatic rings. The zero-order valence-corrected chi connectivity index (χ0v) is 17.0. The Balaban J connectivity index is 2.05. The van der Waals surface area contributed by atoms with E-state index in [9.17, 15) is 21.6 Å². The number of hydrogen-bond acceptors (Lipinski definition) is 5.